The molecule has 0 bridgehead atoms. The Morgan fingerprint density at radius 3 is 2.78 bits per heavy atom. The number of anilines is 2. The van der Waals surface area contributed by atoms with Crippen LogP contribution in [0, 0.1) is 0 Å². The molecular formula is C17H16ClN7O2. The third kappa shape index (κ3) is 3.68. The molecule has 2 aromatic heterocycles. The number of amides is 1. The molecule has 3 aromatic rings. The number of aromatic nitrogens is 5. The number of hydrogen-bond donors (Lipinski definition) is 1. The summed E-state index contributed by atoms with van der Waals surface area (Å²) in [5, 5.41) is 3.85. The molecule has 1 aliphatic heterocycles. The fourth-order valence-electron chi connectivity index (χ4n) is 2.65. The second-order valence-corrected chi connectivity index (χ2v) is 6.36. The SMILES string of the molecule is CC(Nc1ncnc(N2CCOC2=O)n1)c1cn(-c2ccc(Cl)cc2)cn1. The normalized spacial score (nSPS) is 14.9. The first-order valence-corrected chi connectivity index (χ1v) is 8.67. The van der Waals surface area contributed by atoms with Crippen LogP contribution in [-0.4, -0.2) is 43.7 Å². The van der Waals surface area contributed by atoms with Gasteiger partial charge in [0.2, 0.25) is 11.9 Å². The van der Waals surface area contributed by atoms with Crippen LogP contribution in [0.1, 0.15) is 18.7 Å². The van der Waals surface area contributed by atoms with Gasteiger partial charge in [-0.05, 0) is 31.2 Å². The zero-order chi connectivity index (χ0) is 18.8. The largest absolute Gasteiger partial charge is 0.447 e. The quantitative estimate of drug-likeness (QED) is 0.721. The number of halogens is 1. The van der Waals surface area contributed by atoms with Crippen LogP contribution in [-0.2, 0) is 4.74 Å². The van der Waals surface area contributed by atoms with Crippen LogP contribution in [0.5, 0.6) is 0 Å². The first kappa shape index (κ1) is 17.2. The molecule has 1 fully saturated rings. The van der Waals surface area contributed by atoms with E-state index in [0.29, 0.717) is 24.1 Å². The molecule has 10 heteroatoms. The minimum Gasteiger partial charge on any atom is -0.447 e. The molecule has 1 aromatic carbocycles. The maximum Gasteiger partial charge on any atom is 0.416 e. The fraction of sp³-hybridized carbons (Fsp3) is 0.235. The topological polar surface area (TPSA) is 98.1 Å². The van der Waals surface area contributed by atoms with Crippen LogP contribution in [0.3, 0.4) is 0 Å². The average molecular weight is 386 g/mol. The highest BCUT2D eigenvalue weighted by Crippen LogP contribution is 2.20. The van der Waals surface area contributed by atoms with Gasteiger partial charge >= 0.3 is 6.09 Å². The molecule has 1 N–H and O–H groups in total. The fourth-order valence-corrected chi connectivity index (χ4v) is 2.77. The molecule has 1 saturated heterocycles. The Morgan fingerprint density at radius 1 is 1.22 bits per heavy atom. The second-order valence-electron chi connectivity index (χ2n) is 5.92. The summed E-state index contributed by atoms with van der Waals surface area (Å²) >= 11 is 5.93. The molecule has 0 saturated carbocycles. The lowest BCUT2D eigenvalue weighted by Crippen LogP contribution is -2.26. The summed E-state index contributed by atoms with van der Waals surface area (Å²) in [7, 11) is 0. The summed E-state index contributed by atoms with van der Waals surface area (Å²) in [5.41, 5.74) is 1.77. The van der Waals surface area contributed by atoms with Gasteiger partial charge < -0.3 is 14.6 Å². The first-order valence-electron chi connectivity index (χ1n) is 8.30. The minimum absolute atomic E-state index is 0.153. The van der Waals surface area contributed by atoms with E-state index < -0.39 is 6.09 Å². The third-order valence-electron chi connectivity index (χ3n) is 4.08. The molecular weight excluding hydrogens is 370 g/mol. The summed E-state index contributed by atoms with van der Waals surface area (Å²) in [5.74, 6) is 0.613. The smallest absolute Gasteiger partial charge is 0.416 e. The van der Waals surface area contributed by atoms with Crippen LogP contribution < -0.4 is 10.2 Å². The van der Waals surface area contributed by atoms with Crippen LogP contribution in [0.25, 0.3) is 5.69 Å². The Labute approximate surface area is 160 Å². The van der Waals surface area contributed by atoms with Crippen molar-refractivity contribution in [1.29, 1.82) is 0 Å². The highest BCUT2D eigenvalue weighted by Gasteiger charge is 2.26. The summed E-state index contributed by atoms with van der Waals surface area (Å²) in [6.45, 7) is 2.69. The van der Waals surface area contributed by atoms with Crippen molar-refractivity contribution in [2.75, 3.05) is 23.4 Å². The number of hydrogen-bond acceptors (Lipinski definition) is 7. The third-order valence-corrected chi connectivity index (χ3v) is 4.33. The predicted molar refractivity (Wildman–Crippen MR) is 99.1 cm³/mol. The maximum atomic E-state index is 11.7. The zero-order valence-corrected chi connectivity index (χ0v) is 15.2. The van der Waals surface area contributed by atoms with E-state index in [1.165, 1.54) is 11.2 Å². The van der Waals surface area contributed by atoms with E-state index in [4.69, 9.17) is 16.3 Å². The minimum atomic E-state index is -0.457. The molecule has 1 aliphatic rings. The molecule has 4 rings (SSSR count). The Hall–Kier alpha value is -3.20. The Morgan fingerprint density at radius 2 is 2.04 bits per heavy atom. The van der Waals surface area contributed by atoms with Gasteiger partial charge in [-0.1, -0.05) is 11.6 Å². The van der Waals surface area contributed by atoms with Gasteiger partial charge in [0.05, 0.1) is 24.6 Å². The molecule has 27 heavy (non-hydrogen) atoms. The number of ether oxygens (including phenoxy) is 1. The lowest BCUT2D eigenvalue weighted by atomic mass is 10.2. The molecule has 138 valence electrons. The molecule has 0 spiro atoms. The van der Waals surface area contributed by atoms with Crippen LogP contribution >= 0.6 is 11.6 Å². The van der Waals surface area contributed by atoms with Gasteiger partial charge in [0, 0.05) is 16.9 Å². The van der Waals surface area contributed by atoms with Gasteiger partial charge in [-0.25, -0.2) is 24.6 Å². The number of carbonyl (C=O) groups excluding carboxylic acids is 1. The molecule has 3 heterocycles. The van der Waals surface area contributed by atoms with Gasteiger partial charge in [-0.2, -0.15) is 4.98 Å². The number of rotatable bonds is 5. The van der Waals surface area contributed by atoms with Gasteiger partial charge in [-0.15, -0.1) is 0 Å². The number of nitrogens with zero attached hydrogens (tertiary/aromatic N) is 6. The van der Waals surface area contributed by atoms with Gasteiger partial charge in [-0.3, -0.25) is 0 Å². The van der Waals surface area contributed by atoms with E-state index in [1.54, 1.807) is 6.33 Å². The summed E-state index contributed by atoms with van der Waals surface area (Å²) in [6.07, 6.45) is 4.55. The Kier molecular flexibility index (Phi) is 4.59. The summed E-state index contributed by atoms with van der Waals surface area (Å²) in [6, 6.07) is 7.33. The van der Waals surface area contributed by atoms with E-state index in [0.717, 1.165) is 11.4 Å². The van der Waals surface area contributed by atoms with E-state index in [-0.39, 0.29) is 12.0 Å². The number of nitrogens with one attached hydrogen (secondary N) is 1. The number of imidazole rings is 1. The van der Waals surface area contributed by atoms with Crippen molar-refractivity contribution in [2.24, 2.45) is 0 Å². The van der Waals surface area contributed by atoms with Crippen molar-refractivity contribution >= 4 is 29.6 Å². The van der Waals surface area contributed by atoms with E-state index in [2.05, 4.69) is 25.3 Å². The van der Waals surface area contributed by atoms with E-state index >= 15 is 0 Å². The molecule has 1 unspecified atom stereocenters. The average Bonchev–Trinajstić information content (AvgIpc) is 3.32. The highest BCUT2D eigenvalue weighted by atomic mass is 35.5. The van der Waals surface area contributed by atoms with Crippen molar-refractivity contribution in [2.45, 2.75) is 13.0 Å². The van der Waals surface area contributed by atoms with Crippen molar-refractivity contribution in [1.82, 2.24) is 24.5 Å². The second kappa shape index (κ2) is 7.20. The summed E-state index contributed by atoms with van der Waals surface area (Å²) < 4.78 is 6.81. The van der Waals surface area contributed by atoms with Crippen LogP contribution in [0.15, 0.2) is 43.1 Å². The van der Waals surface area contributed by atoms with Crippen molar-refractivity contribution in [3.05, 3.63) is 53.8 Å². The standard InChI is InChI=1S/C17H16ClN7O2/c1-11(14-8-24(10-21-14)13-4-2-12(18)3-5-13)22-15-19-9-20-16(23-15)25-6-7-27-17(25)26/h2-5,8-11H,6-7H2,1H3,(H,19,20,22,23). The molecule has 0 aliphatic carbocycles. The Balaban J connectivity index is 1.49. The van der Waals surface area contributed by atoms with Crippen molar-refractivity contribution < 1.29 is 9.53 Å². The lowest BCUT2D eigenvalue weighted by Gasteiger charge is -2.14. The zero-order valence-electron chi connectivity index (χ0n) is 14.4. The van der Waals surface area contributed by atoms with Crippen molar-refractivity contribution in [3.8, 4) is 5.69 Å². The monoisotopic (exact) mass is 385 g/mol. The van der Waals surface area contributed by atoms with E-state index in [9.17, 15) is 4.79 Å². The first-order chi connectivity index (χ1) is 13.1. The van der Waals surface area contributed by atoms with E-state index in [1.807, 2.05) is 42.0 Å². The van der Waals surface area contributed by atoms with Gasteiger partial charge in [0.15, 0.2) is 0 Å². The van der Waals surface area contributed by atoms with Gasteiger partial charge in [0.25, 0.3) is 0 Å². The summed E-state index contributed by atoms with van der Waals surface area (Å²) in [4.78, 5) is 29.9. The number of benzene rings is 1. The predicted octanol–water partition coefficient (Wildman–Crippen LogP) is 2.84. The highest BCUT2D eigenvalue weighted by molar-refractivity contribution is 6.30. The molecule has 1 amide bonds. The van der Waals surface area contributed by atoms with Crippen LogP contribution in [0.2, 0.25) is 5.02 Å². The van der Waals surface area contributed by atoms with Crippen molar-refractivity contribution in [3.63, 3.8) is 0 Å². The maximum absolute atomic E-state index is 11.7. The molecule has 9 nitrogen and oxygen atoms in total. The molecule has 1 atom stereocenters. The van der Waals surface area contributed by atoms with Crippen LogP contribution in [0.4, 0.5) is 16.7 Å². The number of carbonyl (C=O) groups is 1. The lowest BCUT2D eigenvalue weighted by molar-refractivity contribution is 0.181. The van der Waals surface area contributed by atoms with Gasteiger partial charge in [0.1, 0.15) is 12.9 Å². The Bertz CT molecular complexity index is 960. The number of cyclic esters (lactones) is 1. The molecule has 0 radical (unpaired) electrons.